The van der Waals surface area contributed by atoms with E-state index in [4.69, 9.17) is 4.74 Å². The second-order valence-corrected chi connectivity index (χ2v) is 6.65. The fourth-order valence-corrected chi connectivity index (χ4v) is 3.23. The van der Waals surface area contributed by atoms with Crippen LogP contribution in [0.1, 0.15) is 12.5 Å². The summed E-state index contributed by atoms with van der Waals surface area (Å²) in [5, 5.41) is 3.05. The number of anilines is 1. The third kappa shape index (κ3) is 5.17. The van der Waals surface area contributed by atoms with Crippen LogP contribution in [0.3, 0.4) is 0 Å². The summed E-state index contributed by atoms with van der Waals surface area (Å²) in [6, 6.07) is 7.80. The molecule has 2 aromatic rings. The van der Waals surface area contributed by atoms with Gasteiger partial charge in [0, 0.05) is 45.1 Å². The molecule has 1 amide bonds. The molecule has 2 heterocycles. The number of hydrogen-bond acceptors (Lipinski definition) is 6. The van der Waals surface area contributed by atoms with Crippen LogP contribution in [0, 0.1) is 0 Å². The lowest BCUT2D eigenvalue weighted by molar-refractivity contribution is -0.125. The third-order valence-corrected chi connectivity index (χ3v) is 4.99. The van der Waals surface area contributed by atoms with Crippen LogP contribution in [0.4, 0.5) is 5.82 Å². The molecule has 0 saturated carbocycles. The molecule has 1 N–H and O–H groups in total. The monoisotopic (exact) mass is 369 g/mol. The number of piperazine rings is 1. The molecule has 1 aromatic carbocycles. The minimum Gasteiger partial charge on any atom is -0.497 e. The third-order valence-electron chi connectivity index (χ3n) is 4.99. The molecule has 1 aliphatic rings. The van der Waals surface area contributed by atoms with Crippen molar-refractivity contribution in [1.82, 2.24) is 20.2 Å². The number of carbonyl (C=O) groups is 1. The molecule has 27 heavy (non-hydrogen) atoms. The Labute approximate surface area is 160 Å². The van der Waals surface area contributed by atoms with E-state index in [1.165, 1.54) is 5.56 Å². The van der Waals surface area contributed by atoms with Crippen LogP contribution < -0.4 is 15.0 Å². The number of methoxy groups -OCH3 is 1. The normalized spacial score (nSPS) is 16.0. The van der Waals surface area contributed by atoms with Gasteiger partial charge in [0.05, 0.1) is 19.3 Å². The van der Waals surface area contributed by atoms with E-state index in [1.54, 1.807) is 25.7 Å². The first-order chi connectivity index (χ1) is 13.2. The number of benzene rings is 1. The Morgan fingerprint density at radius 1 is 1.19 bits per heavy atom. The Hall–Kier alpha value is -2.67. The van der Waals surface area contributed by atoms with Crippen LogP contribution in [-0.4, -0.2) is 66.7 Å². The quantitative estimate of drug-likeness (QED) is 0.795. The van der Waals surface area contributed by atoms with Gasteiger partial charge >= 0.3 is 0 Å². The Kier molecular flexibility index (Phi) is 6.59. The molecule has 7 heteroatoms. The maximum Gasteiger partial charge on any atom is 0.237 e. The molecule has 1 unspecified atom stereocenters. The summed E-state index contributed by atoms with van der Waals surface area (Å²) in [5.74, 6) is 1.82. The Balaban J connectivity index is 1.41. The molecule has 3 rings (SSSR count). The first-order valence-electron chi connectivity index (χ1n) is 9.33. The predicted octanol–water partition coefficient (Wildman–Crippen LogP) is 1.35. The number of amides is 1. The Morgan fingerprint density at radius 3 is 2.56 bits per heavy atom. The molecule has 0 spiro atoms. The Morgan fingerprint density at radius 2 is 1.93 bits per heavy atom. The topological polar surface area (TPSA) is 70.6 Å². The van der Waals surface area contributed by atoms with Crippen LogP contribution in [0.5, 0.6) is 5.75 Å². The number of aromatic nitrogens is 2. The van der Waals surface area contributed by atoms with Crippen molar-refractivity contribution < 1.29 is 9.53 Å². The fraction of sp³-hybridized carbons (Fsp3) is 0.450. The number of rotatable bonds is 7. The van der Waals surface area contributed by atoms with E-state index < -0.39 is 0 Å². The standard InChI is InChI=1S/C20H27N5O2/c1-16(20(26)23-8-7-17-3-5-18(27-2)6-4-17)24-11-13-25(14-12-24)19-15-21-9-10-22-19/h3-6,9-10,15-16H,7-8,11-14H2,1-2H3,(H,23,26). The molecule has 1 aromatic heterocycles. The summed E-state index contributed by atoms with van der Waals surface area (Å²) >= 11 is 0. The van der Waals surface area contributed by atoms with Crippen molar-refractivity contribution in [1.29, 1.82) is 0 Å². The van der Waals surface area contributed by atoms with Gasteiger partial charge in [0.25, 0.3) is 0 Å². The summed E-state index contributed by atoms with van der Waals surface area (Å²) in [6.07, 6.45) is 5.98. The maximum atomic E-state index is 12.5. The smallest absolute Gasteiger partial charge is 0.237 e. The number of nitrogens with zero attached hydrogens (tertiary/aromatic N) is 4. The van der Waals surface area contributed by atoms with Gasteiger partial charge in [-0.25, -0.2) is 4.98 Å². The highest BCUT2D eigenvalue weighted by Gasteiger charge is 2.25. The minimum atomic E-state index is -0.134. The van der Waals surface area contributed by atoms with Crippen molar-refractivity contribution in [2.75, 3.05) is 44.7 Å². The number of carbonyl (C=O) groups excluding carboxylic acids is 1. The van der Waals surface area contributed by atoms with Crippen molar-refractivity contribution in [3.63, 3.8) is 0 Å². The largest absolute Gasteiger partial charge is 0.497 e. The number of ether oxygens (including phenoxy) is 1. The van der Waals surface area contributed by atoms with Crippen LogP contribution in [0.2, 0.25) is 0 Å². The van der Waals surface area contributed by atoms with Gasteiger partial charge in [-0.15, -0.1) is 0 Å². The van der Waals surface area contributed by atoms with Crippen molar-refractivity contribution in [2.24, 2.45) is 0 Å². The molecule has 1 aliphatic heterocycles. The van der Waals surface area contributed by atoms with Crippen molar-refractivity contribution in [2.45, 2.75) is 19.4 Å². The van der Waals surface area contributed by atoms with E-state index in [1.807, 2.05) is 31.2 Å². The van der Waals surface area contributed by atoms with Crippen LogP contribution >= 0.6 is 0 Å². The SMILES string of the molecule is COc1ccc(CCNC(=O)C(C)N2CCN(c3cnccn3)CC2)cc1. The zero-order chi connectivity index (χ0) is 19.1. The fourth-order valence-electron chi connectivity index (χ4n) is 3.23. The maximum absolute atomic E-state index is 12.5. The summed E-state index contributed by atoms with van der Waals surface area (Å²) in [5.41, 5.74) is 1.18. The lowest BCUT2D eigenvalue weighted by Gasteiger charge is -2.37. The highest BCUT2D eigenvalue weighted by molar-refractivity contribution is 5.81. The average Bonchev–Trinajstić information content (AvgIpc) is 2.74. The van der Waals surface area contributed by atoms with Gasteiger partial charge in [0.2, 0.25) is 5.91 Å². The molecule has 1 fully saturated rings. The van der Waals surface area contributed by atoms with Gasteiger partial charge in [-0.1, -0.05) is 12.1 Å². The summed E-state index contributed by atoms with van der Waals surface area (Å²) in [4.78, 5) is 25.4. The zero-order valence-corrected chi connectivity index (χ0v) is 16.0. The first-order valence-corrected chi connectivity index (χ1v) is 9.33. The van der Waals surface area contributed by atoms with E-state index >= 15 is 0 Å². The van der Waals surface area contributed by atoms with Gasteiger partial charge in [0.1, 0.15) is 11.6 Å². The molecule has 1 atom stereocenters. The van der Waals surface area contributed by atoms with Crippen LogP contribution in [-0.2, 0) is 11.2 Å². The molecule has 144 valence electrons. The van der Waals surface area contributed by atoms with E-state index in [-0.39, 0.29) is 11.9 Å². The zero-order valence-electron chi connectivity index (χ0n) is 16.0. The highest BCUT2D eigenvalue weighted by Crippen LogP contribution is 2.14. The van der Waals surface area contributed by atoms with Crippen LogP contribution in [0.15, 0.2) is 42.9 Å². The molecular weight excluding hydrogens is 342 g/mol. The molecule has 1 saturated heterocycles. The molecule has 0 radical (unpaired) electrons. The lowest BCUT2D eigenvalue weighted by Crippen LogP contribution is -2.54. The van der Waals surface area contributed by atoms with Gasteiger partial charge in [-0.05, 0) is 31.0 Å². The highest BCUT2D eigenvalue weighted by atomic mass is 16.5. The Bertz CT molecular complexity index is 715. The van der Waals surface area contributed by atoms with Gasteiger partial charge in [-0.3, -0.25) is 14.7 Å². The van der Waals surface area contributed by atoms with Gasteiger partial charge in [0.15, 0.2) is 0 Å². The molecule has 0 bridgehead atoms. The van der Waals surface area contributed by atoms with E-state index in [9.17, 15) is 4.79 Å². The molecule has 7 nitrogen and oxygen atoms in total. The molecule has 0 aliphatic carbocycles. The second kappa shape index (κ2) is 9.32. The van der Waals surface area contributed by atoms with E-state index in [0.717, 1.165) is 44.2 Å². The van der Waals surface area contributed by atoms with Crippen LogP contribution in [0.25, 0.3) is 0 Å². The summed E-state index contributed by atoms with van der Waals surface area (Å²) in [7, 11) is 1.66. The number of hydrogen-bond donors (Lipinski definition) is 1. The second-order valence-electron chi connectivity index (χ2n) is 6.65. The predicted molar refractivity (Wildman–Crippen MR) is 105 cm³/mol. The van der Waals surface area contributed by atoms with Crippen molar-refractivity contribution in [3.05, 3.63) is 48.4 Å². The van der Waals surface area contributed by atoms with E-state index in [0.29, 0.717) is 6.54 Å². The number of nitrogens with one attached hydrogen (secondary N) is 1. The molecular formula is C20H27N5O2. The van der Waals surface area contributed by atoms with Crippen molar-refractivity contribution >= 4 is 11.7 Å². The first kappa shape index (κ1) is 19.1. The van der Waals surface area contributed by atoms with E-state index in [2.05, 4.69) is 25.1 Å². The summed E-state index contributed by atoms with van der Waals surface area (Å²) in [6.45, 7) is 5.98. The van der Waals surface area contributed by atoms with Gasteiger partial charge in [-0.2, -0.15) is 0 Å². The van der Waals surface area contributed by atoms with Gasteiger partial charge < -0.3 is 15.0 Å². The lowest BCUT2D eigenvalue weighted by atomic mass is 10.1. The summed E-state index contributed by atoms with van der Waals surface area (Å²) < 4.78 is 5.16. The van der Waals surface area contributed by atoms with Crippen molar-refractivity contribution in [3.8, 4) is 5.75 Å². The average molecular weight is 369 g/mol. The minimum absolute atomic E-state index is 0.0801.